The summed E-state index contributed by atoms with van der Waals surface area (Å²) in [4.78, 5) is 25.9. The molecular weight excluding hydrogens is 204 g/mol. The molecule has 2 saturated heterocycles. The van der Waals surface area contributed by atoms with E-state index in [0.29, 0.717) is 0 Å². The minimum Gasteiger partial charge on any atom is -0.315 e. The number of piperidine rings is 2. The van der Waals surface area contributed by atoms with Gasteiger partial charge in [-0.1, -0.05) is 0 Å². The number of amides is 2. The van der Waals surface area contributed by atoms with Crippen molar-refractivity contribution in [3.63, 3.8) is 0 Å². The highest BCUT2D eigenvalue weighted by Gasteiger charge is 2.47. The molecule has 0 aromatic carbocycles. The minimum atomic E-state index is 0.104. The van der Waals surface area contributed by atoms with Gasteiger partial charge in [-0.2, -0.15) is 0 Å². The zero-order valence-corrected chi connectivity index (χ0v) is 9.45. The summed E-state index contributed by atoms with van der Waals surface area (Å²) in [5, 5.41) is 3.28. The third kappa shape index (κ3) is 1.47. The van der Waals surface area contributed by atoms with E-state index in [1.165, 1.54) is 0 Å². The minimum absolute atomic E-state index is 0.104. The largest absolute Gasteiger partial charge is 0.315 e. The summed E-state index contributed by atoms with van der Waals surface area (Å²) < 4.78 is 0. The molecule has 88 valence electrons. The third-order valence-electron chi connectivity index (χ3n) is 4.24. The summed E-state index contributed by atoms with van der Waals surface area (Å²) in [6, 6.07) is 0.122. The lowest BCUT2D eigenvalue weighted by atomic mass is 9.93. The van der Waals surface area contributed by atoms with E-state index in [9.17, 15) is 9.59 Å². The van der Waals surface area contributed by atoms with E-state index in [1.807, 2.05) is 0 Å². The van der Waals surface area contributed by atoms with Crippen molar-refractivity contribution in [2.24, 2.45) is 11.8 Å². The molecule has 4 heteroatoms. The van der Waals surface area contributed by atoms with Crippen molar-refractivity contribution in [1.29, 1.82) is 0 Å². The summed E-state index contributed by atoms with van der Waals surface area (Å²) in [5.41, 5.74) is 0. The first-order valence-corrected chi connectivity index (χ1v) is 6.35. The van der Waals surface area contributed by atoms with E-state index in [4.69, 9.17) is 0 Å². The topological polar surface area (TPSA) is 49.4 Å². The van der Waals surface area contributed by atoms with Crippen LogP contribution in [0.3, 0.4) is 0 Å². The first-order valence-electron chi connectivity index (χ1n) is 6.35. The Labute approximate surface area is 95.4 Å². The van der Waals surface area contributed by atoms with E-state index in [0.717, 1.165) is 45.2 Å². The number of carbonyl (C=O) groups is 2. The number of likely N-dealkylation sites (tertiary alicyclic amines) is 1. The lowest BCUT2D eigenvalue weighted by Gasteiger charge is -2.38. The highest BCUT2D eigenvalue weighted by Crippen LogP contribution is 2.39. The van der Waals surface area contributed by atoms with Crippen LogP contribution in [0, 0.1) is 11.8 Å². The van der Waals surface area contributed by atoms with Gasteiger partial charge in [-0.15, -0.1) is 0 Å². The predicted molar refractivity (Wildman–Crippen MR) is 58.6 cm³/mol. The van der Waals surface area contributed by atoms with Gasteiger partial charge in [0.2, 0.25) is 11.8 Å². The first-order chi connectivity index (χ1) is 7.77. The zero-order chi connectivity index (χ0) is 11.1. The van der Waals surface area contributed by atoms with Crippen molar-refractivity contribution >= 4 is 11.8 Å². The Kier molecular flexibility index (Phi) is 2.46. The number of hydrogen-bond donors (Lipinski definition) is 1. The summed E-state index contributed by atoms with van der Waals surface area (Å²) in [7, 11) is 0. The Hall–Kier alpha value is -0.900. The standard InChI is InChI=1S/C12H18N2O2/c15-11-8-3-4-9(6-8)12(16)14(11)10-2-1-5-13-7-10/h8-10,13H,1-7H2. The van der Waals surface area contributed by atoms with Crippen LogP contribution in [0.1, 0.15) is 32.1 Å². The van der Waals surface area contributed by atoms with E-state index in [-0.39, 0.29) is 29.7 Å². The summed E-state index contributed by atoms with van der Waals surface area (Å²) in [5.74, 6) is 0.495. The van der Waals surface area contributed by atoms with Gasteiger partial charge in [-0.05, 0) is 38.6 Å². The van der Waals surface area contributed by atoms with E-state index in [2.05, 4.69) is 5.32 Å². The summed E-state index contributed by atoms with van der Waals surface area (Å²) in [6.07, 6.45) is 4.70. The second-order valence-corrected chi connectivity index (χ2v) is 5.25. The smallest absolute Gasteiger partial charge is 0.232 e. The average molecular weight is 222 g/mol. The maximum absolute atomic E-state index is 12.2. The molecule has 1 N–H and O–H groups in total. The fourth-order valence-corrected chi connectivity index (χ4v) is 3.35. The summed E-state index contributed by atoms with van der Waals surface area (Å²) >= 11 is 0. The number of hydrogen-bond acceptors (Lipinski definition) is 3. The predicted octanol–water partition coefficient (Wildman–Crippen LogP) is 0.523. The van der Waals surface area contributed by atoms with Crippen molar-refractivity contribution in [3.8, 4) is 0 Å². The van der Waals surface area contributed by atoms with Gasteiger partial charge >= 0.3 is 0 Å². The van der Waals surface area contributed by atoms with E-state index >= 15 is 0 Å². The zero-order valence-electron chi connectivity index (χ0n) is 9.45. The van der Waals surface area contributed by atoms with E-state index in [1.54, 1.807) is 4.90 Å². The van der Waals surface area contributed by atoms with Gasteiger partial charge in [0.1, 0.15) is 0 Å². The number of nitrogens with zero attached hydrogens (tertiary/aromatic N) is 1. The van der Waals surface area contributed by atoms with Gasteiger partial charge in [-0.3, -0.25) is 14.5 Å². The van der Waals surface area contributed by atoms with Crippen LogP contribution in [-0.4, -0.2) is 35.8 Å². The number of carbonyl (C=O) groups excluding carboxylic acids is 2. The monoisotopic (exact) mass is 222 g/mol. The maximum Gasteiger partial charge on any atom is 0.232 e. The molecule has 1 aliphatic carbocycles. The number of imide groups is 1. The molecule has 2 amide bonds. The molecule has 4 nitrogen and oxygen atoms in total. The van der Waals surface area contributed by atoms with Crippen LogP contribution < -0.4 is 5.32 Å². The molecule has 0 aromatic rings. The molecule has 1 saturated carbocycles. The SMILES string of the molecule is O=C1C2CCC(C2)C(=O)N1C1CCCNC1. The molecular formula is C12H18N2O2. The second-order valence-electron chi connectivity index (χ2n) is 5.25. The van der Waals surface area contributed by atoms with Crippen LogP contribution in [0.4, 0.5) is 0 Å². The Bertz CT molecular complexity index is 301. The summed E-state index contributed by atoms with van der Waals surface area (Å²) in [6.45, 7) is 1.80. The maximum atomic E-state index is 12.2. The number of fused-ring (bicyclic) bond motifs is 2. The van der Waals surface area contributed by atoms with Crippen LogP contribution in [0.25, 0.3) is 0 Å². The molecule has 2 bridgehead atoms. The molecule has 0 aromatic heterocycles. The average Bonchev–Trinajstić information content (AvgIpc) is 2.75. The molecule has 2 aliphatic heterocycles. The molecule has 3 unspecified atom stereocenters. The Morgan fingerprint density at radius 2 is 1.75 bits per heavy atom. The molecule has 0 spiro atoms. The van der Waals surface area contributed by atoms with Crippen LogP contribution >= 0.6 is 0 Å². The fourth-order valence-electron chi connectivity index (χ4n) is 3.35. The molecule has 3 rings (SSSR count). The number of rotatable bonds is 1. The lowest BCUT2D eigenvalue weighted by Crippen LogP contribution is -2.56. The van der Waals surface area contributed by atoms with Crippen molar-refractivity contribution in [3.05, 3.63) is 0 Å². The van der Waals surface area contributed by atoms with Gasteiger partial charge in [0.25, 0.3) is 0 Å². The molecule has 3 fully saturated rings. The van der Waals surface area contributed by atoms with Crippen molar-refractivity contribution in [2.75, 3.05) is 13.1 Å². The van der Waals surface area contributed by atoms with Crippen molar-refractivity contribution in [1.82, 2.24) is 10.2 Å². The van der Waals surface area contributed by atoms with Crippen molar-refractivity contribution < 1.29 is 9.59 Å². The molecule has 3 aliphatic rings. The first kappa shape index (κ1) is 10.3. The van der Waals surface area contributed by atoms with Crippen LogP contribution in [0.5, 0.6) is 0 Å². The molecule has 16 heavy (non-hydrogen) atoms. The van der Waals surface area contributed by atoms with Crippen LogP contribution in [-0.2, 0) is 9.59 Å². The Balaban J connectivity index is 1.82. The second kappa shape index (κ2) is 3.84. The van der Waals surface area contributed by atoms with Gasteiger partial charge in [0.05, 0.1) is 6.04 Å². The van der Waals surface area contributed by atoms with Gasteiger partial charge in [0, 0.05) is 18.4 Å². The fraction of sp³-hybridized carbons (Fsp3) is 0.833. The van der Waals surface area contributed by atoms with Gasteiger partial charge in [0.15, 0.2) is 0 Å². The van der Waals surface area contributed by atoms with Crippen LogP contribution in [0.2, 0.25) is 0 Å². The van der Waals surface area contributed by atoms with Crippen molar-refractivity contribution in [2.45, 2.75) is 38.1 Å². The Morgan fingerprint density at radius 3 is 2.31 bits per heavy atom. The molecule has 0 radical (unpaired) electrons. The molecule has 3 atom stereocenters. The quantitative estimate of drug-likeness (QED) is 0.658. The normalized spacial score (nSPS) is 39.2. The highest BCUT2D eigenvalue weighted by atomic mass is 16.2. The van der Waals surface area contributed by atoms with Gasteiger partial charge in [-0.25, -0.2) is 0 Å². The third-order valence-corrected chi connectivity index (χ3v) is 4.24. The lowest BCUT2D eigenvalue weighted by molar-refractivity contribution is -0.156. The molecule has 2 heterocycles. The number of nitrogens with one attached hydrogen (secondary N) is 1. The van der Waals surface area contributed by atoms with Crippen LogP contribution in [0.15, 0.2) is 0 Å². The van der Waals surface area contributed by atoms with E-state index < -0.39 is 0 Å². The van der Waals surface area contributed by atoms with Gasteiger partial charge < -0.3 is 5.32 Å². The highest BCUT2D eigenvalue weighted by molar-refractivity contribution is 6.01. The Morgan fingerprint density at radius 1 is 1.06 bits per heavy atom.